The first kappa shape index (κ1) is 12.9. The molecule has 0 aromatic carbocycles. The molecule has 2 N–H and O–H groups in total. The van der Waals surface area contributed by atoms with E-state index in [0.29, 0.717) is 6.04 Å². The van der Waals surface area contributed by atoms with Crippen molar-refractivity contribution in [3.05, 3.63) is 23.0 Å². The number of nitrogens with zero attached hydrogens (tertiary/aromatic N) is 2. The Kier molecular flexibility index (Phi) is 3.71. The third-order valence-corrected chi connectivity index (χ3v) is 3.90. The van der Waals surface area contributed by atoms with Gasteiger partial charge in [0.05, 0.1) is 17.4 Å². The zero-order valence-corrected chi connectivity index (χ0v) is 11.9. The Morgan fingerprint density at radius 1 is 1.53 bits per heavy atom. The molecule has 1 aliphatic heterocycles. The molecular formula is C15H24N3O+. The Morgan fingerprint density at radius 3 is 3.26 bits per heavy atom. The van der Waals surface area contributed by atoms with E-state index in [0.717, 1.165) is 39.0 Å². The number of fused-ring (bicyclic) bond motifs is 3. The Morgan fingerprint density at radius 2 is 2.42 bits per heavy atom. The second-order valence-corrected chi connectivity index (χ2v) is 5.84. The smallest absolute Gasteiger partial charge is 0.148 e. The number of nitrogens with two attached hydrogens (primary N) is 1. The fourth-order valence-electron chi connectivity index (χ4n) is 2.93. The quantitative estimate of drug-likeness (QED) is 0.891. The zero-order chi connectivity index (χ0) is 13.2. The summed E-state index contributed by atoms with van der Waals surface area (Å²) in [5.74, 6) is 0. The molecule has 0 spiro atoms. The lowest BCUT2D eigenvalue weighted by Crippen LogP contribution is -2.89. The van der Waals surface area contributed by atoms with Crippen LogP contribution in [-0.4, -0.2) is 29.0 Å². The van der Waals surface area contributed by atoms with Crippen LogP contribution in [0, 0.1) is 0 Å². The summed E-state index contributed by atoms with van der Waals surface area (Å²) < 4.78 is 8.28. The molecule has 3 rings (SSSR count). The van der Waals surface area contributed by atoms with Gasteiger partial charge in [0, 0.05) is 18.7 Å². The van der Waals surface area contributed by atoms with E-state index in [9.17, 15) is 0 Å². The highest BCUT2D eigenvalue weighted by molar-refractivity contribution is 5.58. The minimum Gasteiger partial charge on any atom is -0.366 e. The molecule has 4 nitrogen and oxygen atoms in total. The number of aromatic nitrogens is 2. The summed E-state index contributed by atoms with van der Waals surface area (Å²) in [4.78, 5) is 0. The lowest BCUT2D eigenvalue weighted by Gasteiger charge is -2.17. The second kappa shape index (κ2) is 5.47. The number of rotatable bonds is 3. The Labute approximate surface area is 114 Å². The molecule has 104 valence electrons. The third-order valence-electron chi connectivity index (χ3n) is 3.90. The fourth-order valence-corrected chi connectivity index (χ4v) is 2.93. The normalized spacial score (nSPS) is 22.2. The van der Waals surface area contributed by atoms with Crippen LogP contribution in [0.25, 0.3) is 6.08 Å². The molecule has 2 heterocycles. The van der Waals surface area contributed by atoms with E-state index in [1.54, 1.807) is 0 Å². The number of allylic oxidation sites excluding steroid dienone is 1. The van der Waals surface area contributed by atoms with Crippen LogP contribution in [0.3, 0.4) is 0 Å². The van der Waals surface area contributed by atoms with Gasteiger partial charge in [0.1, 0.15) is 12.6 Å². The van der Waals surface area contributed by atoms with Crippen LogP contribution >= 0.6 is 0 Å². The predicted octanol–water partition coefficient (Wildman–Crippen LogP) is 1.28. The summed E-state index contributed by atoms with van der Waals surface area (Å²) in [5.41, 5.74) is 3.90. The predicted molar refractivity (Wildman–Crippen MR) is 74.8 cm³/mol. The number of ether oxygens (including phenoxy) is 1. The van der Waals surface area contributed by atoms with Crippen LogP contribution in [0.2, 0.25) is 0 Å². The van der Waals surface area contributed by atoms with Crippen LogP contribution in [0.5, 0.6) is 0 Å². The molecule has 1 unspecified atom stereocenters. The van der Waals surface area contributed by atoms with Crippen molar-refractivity contribution in [1.82, 2.24) is 9.78 Å². The van der Waals surface area contributed by atoms with Gasteiger partial charge in [-0.1, -0.05) is 12.2 Å². The standard InChI is InChI=1S/C15H23N3O/c1-11(2)16-10-14-15-12-6-3-4-7-13(12)17-18(15)8-5-9-19-14/h3,6,11,14,16H,4-5,7-10H2,1-2H3/p+1. The Bertz CT molecular complexity index is 476. The molecule has 0 fully saturated rings. The average Bonchev–Trinajstić information content (AvgIpc) is 2.64. The summed E-state index contributed by atoms with van der Waals surface area (Å²) in [6.45, 7) is 7.28. The van der Waals surface area contributed by atoms with Crippen molar-refractivity contribution in [3.8, 4) is 0 Å². The van der Waals surface area contributed by atoms with E-state index in [2.05, 4.69) is 36.0 Å². The molecule has 2 aliphatic rings. The van der Waals surface area contributed by atoms with Gasteiger partial charge in [0.25, 0.3) is 0 Å². The topological polar surface area (TPSA) is 43.7 Å². The monoisotopic (exact) mass is 262 g/mol. The maximum atomic E-state index is 6.08. The molecule has 4 heteroatoms. The van der Waals surface area contributed by atoms with E-state index in [4.69, 9.17) is 9.84 Å². The highest BCUT2D eigenvalue weighted by Crippen LogP contribution is 2.30. The van der Waals surface area contributed by atoms with Crippen molar-refractivity contribution >= 4 is 6.08 Å². The molecular weight excluding hydrogens is 238 g/mol. The van der Waals surface area contributed by atoms with Crippen LogP contribution in [0.15, 0.2) is 6.08 Å². The Balaban J connectivity index is 1.92. The van der Waals surface area contributed by atoms with E-state index in [1.807, 2.05) is 0 Å². The minimum absolute atomic E-state index is 0.184. The van der Waals surface area contributed by atoms with Gasteiger partial charge in [-0.25, -0.2) is 0 Å². The molecule has 1 aliphatic carbocycles. The summed E-state index contributed by atoms with van der Waals surface area (Å²) >= 11 is 0. The van der Waals surface area contributed by atoms with Gasteiger partial charge in [0.15, 0.2) is 0 Å². The van der Waals surface area contributed by atoms with E-state index >= 15 is 0 Å². The number of hydrogen-bond acceptors (Lipinski definition) is 2. The fraction of sp³-hybridized carbons (Fsp3) is 0.667. The molecule has 1 atom stereocenters. The van der Waals surface area contributed by atoms with Gasteiger partial charge in [-0.2, -0.15) is 5.10 Å². The number of quaternary nitrogens is 1. The van der Waals surface area contributed by atoms with Crippen molar-refractivity contribution < 1.29 is 10.1 Å². The third kappa shape index (κ3) is 2.60. The van der Waals surface area contributed by atoms with E-state index in [1.165, 1.54) is 17.0 Å². The number of aryl methyl sites for hydroxylation is 2. The van der Waals surface area contributed by atoms with Crippen LogP contribution in [-0.2, 0) is 17.7 Å². The highest BCUT2D eigenvalue weighted by Gasteiger charge is 2.28. The highest BCUT2D eigenvalue weighted by atomic mass is 16.5. The SMILES string of the molecule is CC(C)[NH2+]CC1OCCCn2nc3c(c21)C=CCC3. The Hall–Kier alpha value is -1.13. The van der Waals surface area contributed by atoms with Crippen LogP contribution < -0.4 is 5.32 Å². The summed E-state index contributed by atoms with van der Waals surface area (Å²) in [7, 11) is 0. The molecule has 1 aromatic heterocycles. The molecule has 0 saturated carbocycles. The largest absolute Gasteiger partial charge is 0.366 e. The van der Waals surface area contributed by atoms with Crippen molar-refractivity contribution in [2.75, 3.05) is 13.2 Å². The minimum atomic E-state index is 0.184. The molecule has 0 bridgehead atoms. The van der Waals surface area contributed by atoms with E-state index in [-0.39, 0.29) is 6.10 Å². The first-order valence-corrected chi connectivity index (χ1v) is 7.46. The first-order chi connectivity index (χ1) is 9.25. The summed E-state index contributed by atoms with van der Waals surface area (Å²) in [6, 6.07) is 0.606. The van der Waals surface area contributed by atoms with Gasteiger partial charge < -0.3 is 10.1 Å². The lowest BCUT2D eigenvalue weighted by molar-refractivity contribution is -0.689. The van der Waals surface area contributed by atoms with Gasteiger partial charge in [-0.3, -0.25) is 4.68 Å². The molecule has 0 saturated heterocycles. The van der Waals surface area contributed by atoms with Crippen molar-refractivity contribution in [2.45, 2.75) is 51.8 Å². The summed E-state index contributed by atoms with van der Waals surface area (Å²) in [5, 5.41) is 7.15. The maximum Gasteiger partial charge on any atom is 0.148 e. The molecule has 0 radical (unpaired) electrons. The zero-order valence-electron chi connectivity index (χ0n) is 11.9. The first-order valence-electron chi connectivity index (χ1n) is 7.46. The average molecular weight is 262 g/mol. The van der Waals surface area contributed by atoms with Gasteiger partial charge >= 0.3 is 0 Å². The van der Waals surface area contributed by atoms with Crippen LogP contribution in [0.4, 0.5) is 0 Å². The second-order valence-electron chi connectivity index (χ2n) is 5.84. The van der Waals surface area contributed by atoms with Crippen LogP contribution in [0.1, 0.15) is 49.7 Å². The summed E-state index contributed by atoms with van der Waals surface area (Å²) in [6.07, 6.45) is 7.95. The van der Waals surface area contributed by atoms with Crippen molar-refractivity contribution in [3.63, 3.8) is 0 Å². The molecule has 19 heavy (non-hydrogen) atoms. The number of hydrogen-bond donors (Lipinski definition) is 1. The van der Waals surface area contributed by atoms with Gasteiger partial charge in [-0.05, 0) is 33.1 Å². The van der Waals surface area contributed by atoms with E-state index < -0.39 is 0 Å². The maximum absolute atomic E-state index is 6.08. The van der Waals surface area contributed by atoms with Crippen molar-refractivity contribution in [1.29, 1.82) is 0 Å². The van der Waals surface area contributed by atoms with Gasteiger partial charge in [0.2, 0.25) is 0 Å². The molecule has 0 amide bonds. The lowest BCUT2D eigenvalue weighted by atomic mass is 10.0. The van der Waals surface area contributed by atoms with Crippen molar-refractivity contribution in [2.24, 2.45) is 0 Å². The molecule has 1 aromatic rings. The van der Waals surface area contributed by atoms with Gasteiger partial charge in [-0.15, -0.1) is 0 Å².